The monoisotopic (exact) mass is 434 g/mol. The van der Waals surface area contributed by atoms with E-state index in [9.17, 15) is 9.59 Å². The fourth-order valence-electron chi connectivity index (χ4n) is 4.83. The van der Waals surface area contributed by atoms with E-state index in [2.05, 4.69) is 16.4 Å². The number of aryl methyl sites for hydroxylation is 2. The number of carbonyl (C=O) groups excluding carboxylic acids is 2. The van der Waals surface area contributed by atoms with Crippen LogP contribution in [-0.2, 0) is 4.79 Å². The predicted molar refractivity (Wildman–Crippen MR) is 129 cm³/mol. The standard InChI is InChI=1S/C26H34N4O2/c1-4-11-28-25(31)19-7-10-24-21(13-19)22(14-23-16(2)12-17(3)29-23)26(32)30(24)15-18-5-8-20(27)9-6-18/h7,10,12-14,18,20,29H,4-6,8-9,11,15,27H2,1-3H3,(H,28,31)/b22-14-. The Balaban J connectivity index is 1.70. The van der Waals surface area contributed by atoms with E-state index in [1.54, 1.807) is 0 Å². The number of nitrogens with two attached hydrogens (primary N) is 1. The second kappa shape index (κ2) is 9.33. The first-order valence-corrected chi connectivity index (χ1v) is 11.7. The van der Waals surface area contributed by atoms with Gasteiger partial charge in [-0.1, -0.05) is 6.92 Å². The molecule has 32 heavy (non-hydrogen) atoms. The second-order valence-corrected chi connectivity index (χ2v) is 9.29. The van der Waals surface area contributed by atoms with Crippen LogP contribution in [0.5, 0.6) is 0 Å². The number of amides is 2. The maximum Gasteiger partial charge on any atom is 0.259 e. The number of nitrogens with zero attached hydrogens (tertiary/aromatic N) is 1. The molecule has 1 fully saturated rings. The molecule has 6 nitrogen and oxygen atoms in total. The lowest BCUT2D eigenvalue weighted by Gasteiger charge is -2.29. The summed E-state index contributed by atoms with van der Waals surface area (Å²) in [6.45, 7) is 7.40. The molecule has 1 aliphatic carbocycles. The van der Waals surface area contributed by atoms with Crippen molar-refractivity contribution in [3.8, 4) is 0 Å². The Morgan fingerprint density at radius 1 is 1.22 bits per heavy atom. The lowest BCUT2D eigenvalue weighted by Crippen LogP contribution is -2.36. The molecule has 4 rings (SSSR count). The molecule has 2 aliphatic rings. The van der Waals surface area contributed by atoms with Crippen LogP contribution in [0.15, 0.2) is 24.3 Å². The first-order chi connectivity index (χ1) is 15.4. The highest BCUT2D eigenvalue weighted by molar-refractivity contribution is 6.36. The van der Waals surface area contributed by atoms with Gasteiger partial charge in [-0.3, -0.25) is 9.59 Å². The summed E-state index contributed by atoms with van der Waals surface area (Å²) in [5.41, 5.74) is 12.1. The van der Waals surface area contributed by atoms with E-state index in [-0.39, 0.29) is 17.9 Å². The number of anilines is 1. The zero-order valence-corrected chi connectivity index (χ0v) is 19.3. The fraction of sp³-hybridized carbons (Fsp3) is 0.462. The molecular formula is C26H34N4O2. The lowest BCUT2D eigenvalue weighted by molar-refractivity contribution is -0.113. The minimum absolute atomic E-state index is 0.00708. The minimum Gasteiger partial charge on any atom is -0.359 e. The Labute approximate surface area is 190 Å². The van der Waals surface area contributed by atoms with E-state index in [4.69, 9.17) is 5.73 Å². The van der Waals surface area contributed by atoms with Gasteiger partial charge in [0, 0.05) is 41.6 Å². The van der Waals surface area contributed by atoms with E-state index in [1.165, 1.54) is 0 Å². The number of rotatable bonds is 6. The number of H-pyrrole nitrogens is 1. The van der Waals surface area contributed by atoms with Crippen molar-refractivity contribution < 1.29 is 9.59 Å². The highest BCUT2D eigenvalue weighted by Crippen LogP contribution is 2.40. The van der Waals surface area contributed by atoms with Crippen LogP contribution in [0.25, 0.3) is 11.6 Å². The number of benzene rings is 1. The van der Waals surface area contributed by atoms with Crippen molar-refractivity contribution in [2.45, 2.75) is 58.9 Å². The molecule has 0 bridgehead atoms. The van der Waals surface area contributed by atoms with Crippen molar-refractivity contribution in [3.63, 3.8) is 0 Å². The van der Waals surface area contributed by atoms with Gasteiger partial charge in [0.15, 0.2) is 0 Å². The van der Waals surface area contributed by atoms with Gasteiger partial charge in [-0.2, -0.15) is 0 Å². The number of aromatic nitrogens is 1. The van der Waals surface area contributed by atoms with E-state index in [1.807, 2.05) is 49.9 Å². The van der Waals surface area contributed by atoms with Crippen molar-refractivity contribution in [3.05, 3.63) is 52.3 Å². The Morgan fingerprint density at radius 3 is 2.62 bits per heavy atom. The number of aromatic amines is 1. The molecule has 0 radical (unpaired) electrons. The molecule has 2 aromatic rings. The van der Waals surface area contributed by atoms with Crippen LogP contribution in [-0.4, -0.2) is 35.9 Å². The quantitative estimate of drug-likeness (QED) is 0.596. The summed E-state index contributed by atoms with van der Waals surface area (Å²) in [7, 11) is 0. The number of hydrogen-bond acceptors (Lipinski definition) is 3. The van der Waals surface area contributed by atoms with Crippen LogP contribution in [0.1, 0.15) is 71.9 Å². The molecule has 2 amide bonds. The van der Waals surface area contributed by atoms with E-state index >= 15 is 0 Å². The molecule has 170 valence electrons. The number of nitrogens with one attached hydrogen (secondary N) is 2. The van der Waals surface area contributed by atoms with Gasteiger partial charge in [0.25, 0.3) is 11.8 Å². The van der Waals surface area contributed by atoms with Crippen LogP contribution >= 0.6 is 0 Å². The summed E-state index contributed by atoms with van der Waals surface area (Å²) in [5, 5.41) is 2.93. The molecule has 4 N–H and O–H groups in total. The third kappa shape index (κ3) is 4.51. The Kier molecular flexibility index (Phi) is 6.51. The molecule has 1 saturated carbocycles. The Morgan fingerprint density at radius 2 is 1.97 bits per heavy atom. The van der Waals surface area contributed by atoms with Gasteiger partial charge in [0.05, 0.1) is 11.3 Å². The van der Waals surface area contributed by atoms with Crippen molar-refractivity contribution >= 4 is 29.2 Å². The molecule has 6 heteroatoms. The fourth-order valence-corrected chi connectivity index (χ4v) is 4.83. The topological polar surface area (TPSA) is 91.2 Å². The van der Waals surface area contributed by atoms with Gasteiger partial charge in [-0.15, -0.1) is 0 Å². The average molecular weight is 435 g/mol. The minimum atomic E-state index is -0.104. The van der Waals surface area contributed by atoms with Gasteiger partial charge >= 0.3 is 0 Å². The van der Waals surface area contributed by atoms with E-state index in [0.717, 1.165) is 60.3 Å². The Hall–Kier alpha value is -2.86. The second-order valence-electron chi connectivity index (χ2n) is 9.29. The third-order valence-corrected chi connectivity index (χ3v) is 6.66. The van der Waals surface area contributed by atoms with Gasteiger partial charge in [0.1, 0.15) is 0 Å². The maximum absolute atomic E-state index is 13.6. The molecule has 2 heterocycles. The number of carbonyl (C=O) groups is 2. The van der Waals surface area contributed by atoms with Crippen molar-refractivity contribution in [1.82, 2.24) is 10.3 Å². The smallest absolute Gasteiger partial charge is 0.259 e. The zero-order chi connectivity index (χ0) is 22.8. The predicted octanol–water partition coefficient (Wildman–Crippen LogP) is 4.18. The normalized spacial score (nSPS) is 21.8. The van der Waals surface area contributed by atoms with Crippen molar-refractivity contribution in [2.24, 2.45) is 11.7 Å². The van der Waals surface area contributed by atoms with E-state index < -0.39 is 0 Å². The van der Waals surface area contributed by atoms with E-state index in [0.29, 0.717) is 30.1 Å². The van der Waals surface area contributed by atoms with Gasteiger partial charge in [-0.25, -0.2) is 0 Å². The summed E-state index contributed by atoms with van der Waals surface area (Å²) >= 11 is 0. The Bertz CT molecular complexity index is 1040. The van der Waals surface area contributed by atoms with Crippen molar-refractivity contribution in [1.29, 1.82) is 0 Å². The van der Waals surface area contributed by atoms with Crippen LogP contribution in [0, 0.1) is 19.8 Å². The highest BCUT2D eigenvalue weighted by Gasteiger charge is 2.35. The summed E-state index contributed by atoms with van der Waals surface area (Å²) in [4.78, 5) is 31.4. The number of fused-ring (bicyclic) bond motifs is 1. The summed E-state index contributed by atoms with van der Waals surface area (Å²) < 4.78 is 0. The molecule has 0 spiro atoms. The van der Waals surface area contributed by atoms with Crippen LogP contribution in [0.2, 0.25) is 0 Å². The molecule has 1 aliphatic heterocycles. The molecule has 0 atom stereocenters. The first kappa shape index (κ1) is 22.3. The first-order valence-electron chi connectivity index (χ1n) is 11.7. The van der Waals surface area contributed by atoms with Gasteiger partial charge < -0.3 is 20.9 Å². The maximum atomic E-state index is 13.6. The SMILES string of the molecule is CCCNC(=O)c1ccc2c(c1)/C(=C/c1[nH]c(C)cc1C)C(=O)N2CC1CCC(N)CC1. The number of hydrogen-bond donors (Lipinski definition) is 3. The molecule has 1 aromatic carbocycles. The summed E-state index contributed by atoms with van der Waals surface area (Å²) in [5.74, 6) is 0.355. The van der Waals surface area contributed by atoms with Crippen LogP contribution < -0.4 is 16.0 Å². The summed E-state index contributed by atoms with van der Waals surface area (Å²) in [6, 6.07) is 7.98. The third-order valence-electron chi connectivity index (χ3n) is 6.66. The summed E-state index contributed by atoms with van der Waals surface area (Å²) in [6.07, 6.45) is 6.94. The zero-order valence-electron chi connectivity index (χ0n) is 19.3. The lowest BCUT2D eigenvalue weighted by atomic mass is 9.86. The molecule has 0 unspecified atom stereocenters. The molecule has 1 aromatic heterocycles. The van der Waals surface area contributed by atoms with Gasteiger partial charge in [-0.05, 0) is 87.8 Å². The average Bonchev–Trinajstić information content (AvgIpc) is 3.23. The molecule has 0 saturated heterocycles. The van der Waals surface area contributed by atoms with Crippen LogP contribution in [0.4, 0.5) is 5.69 Å². The van der Waals surface area contributed by atoms with Gasteiger partial charge in [0.2, 0.25) is 0 Å². The molecular weight excluding hydrogens is 400 g/mol. The largest absolute Gasteiger partial charge is 0.359 e. The van der Waals surface area contributed by atoms with Crippen LogP contribution in [0.3, 0.4) is 0 Å². The van der Waals surface area contributed by atoms with Crippen molar-refractivity contribution in [2.75, 3.05) is 18.0 Å². The highest BCUT2D eigenvalue weighted by atomic mass is 16.2.